The number of halogens is 1. The molecular formula is C15H18FNO2. The highest BCUT2D eigenvalue weighted by Crippen LogP contribution is 2.13. The topological polar surface area (TPSA) is 39.1 Å². The minimum Gasteiger partial charge on any atom is -0.347 e. The number of rotatable bonds is 3. The van der Waals surface area contributed by atoms with Crippen LogP contribution < -0.4 is 5.43 Å². The summed E-state index contributed by atoms with van der Waals surface area (Å²) in [6.45, 7) is 6.68. The first kappa shape index (κ1) is 15.1. The number of carbonyl (C=O) groups is 1. The van der Waals surface area contributed by atoms with Crippen molar-refractivity contribution in [1.29, 1.82) is 0 Å². The van der Waals surface area contributed by atoms with E-state index in [-0.39, 0.29) is 10.9 Å². The summed E-state index contributed by atoms with van der Waals surface area (Å²) in [5, 5.41) is 0.253. The molecule has 4 heteroatoms. The number of hydrogen-bond acceptors (Lipinski definition) is 2. The molecule has 0 saturated carbocycles. The van der Waals surface area contributed by atoms with Crippen LogP contribution in [0.25, 0.3) is 10.9 Å². The van der Waals surface area contributed by atoms with Crippen LogP contribution in [0, 0.1) is 5.82 Å². The smallest absolute Gasteiger partial charge is 0.199 e. The highest BCUT2D eigenvalue weighted by atomic mass is 19.1. The summed E-state index contributed by atoms with van der Waals surface area (Å²) in [4.78, 5) is 22.7. The standard InChI is InChI=1S/C13H12FNO2.C2H6/c1-2-5-15-7-9(8-16)13(17)11-6-10(14)3-4-12(11)15;1-2/h3-4,6-8H,2,5H2,1H3;1-2H3. The Morgan fingerprint density at radius 3 is 2.58 bits per heavy atom. The molecule has 0 spiro atoms. The summed E-state index contributed by atoms with van der Waals surface area (Å²) in [5.74, 6) is -0.472. The van der Waals surface area contributed by atoms with Gasteiger partial charge in [-0.2, -0.15) is 0 Å². The zero-order valence-corrected chi connectivity index (χ0v) is 11.4. The molecular weight excluding hydrogens is 245 g/mol. The molecule has 0 bridgehead atoms. The summed E-state index contributed by atoms with van der Waals surface area (Å²) < 4.78 is 14.9. The van der Waals surface area contributed by atoms with E-state index in [1.807, 2.05) is 20.8 Å². The maximum atomic E-state index is 13.1. The lowest BCUT2D eigenvalue weighted by Gasteiger charge is -2.10. The van der Waals surface area contributed by atoms with Gasteiger partial charge in [0.05, 0.1) is 11.1 Å². The first-order chi connectivity index (χ1) is 9.17. The third-order valence-corrected chi connectivity index (χ3v) is 2.66. The van der Waals surface area contributed by atoms with E-state index < -0.39 is 11.2 Å². The van der Waals surface area contributed by atoms with Gasteiger partial charge < -0.3 is 4.57 Å². The van der Waals surface area contributed by atoms with Gasteiger partial charge in [-0.25, -0.2) is 4.39 Å². The number of aromatic nitrogens is 1. The summed E-state index contributed by atoms with van der Waals surface area (Å²) >= 11 is 0. The van der Waals surface area contributed by atoms with Gasteiger partial charge in [-0.15, -0.1) is 0 Å². The van der Waals surface area contributed by atoms with Crippen molar-refractivity contribution in [3.63, 3.8) is 0 Å². The fraction of sp³-hybridized carbons (Fsp3) is 0.333. The van der Waals surface area contributed by atoms with Gasteiger partial charge in [-0.3, -0.25) is 9.59 Å². The van der Waals surface area contributed by atoms with Crippen LogP contribution in [0.2, 0.25) is 0 Å². The maximum Gasteiger partial charge on any atom is 0.199 e. The largest absolute Gasteiger partial charge is 0.347 e. The normalized spacial score (nSPS) is 9.89. The van der Waals surface area contributed by atoms with Crippen LogP contribution in [0.5, 0.6) is 0 Å². The SMILES string of the molecule is CC.CCCn1cc(C=O)c(=O)c2cc(F)ccc21. The number of aldehydes is 1. The number of fused-ring (bicyclic) bond motifs is 1. The van der Waals surface area contributed by atoms with E-state index >= 15 is 0 Å². The van der Waals surface area contributed by atoms with Crippen molar-refractivity contribution in [2.45, 2.75) is 33.7 Å². The van der Waals surface area contributed by atoms with Crippen LogP contribution in [-0.4, -0.2) is 10.9 Å². The molecule has 1 heterocycles. The van der Waals surface area contributed by atoms with Gasteiger partial charge in [0.1, 0.15) is 5.82 Å². The molecule has 0 fully saturated rings. The Bertz CT molecular complexity index is 632. The van der Waals surface area contributed by atoms with Gasteiger partial charge in [0.15, 0.2) is 11.7 Å². The number of pyridine rings is 1. The summed E-state index contributed by atoms with van der Waals surface area (Å²) in [7, 11) is 0. The quantitative estimate of drug-likeness (QED) is 0.796. The zero-order chi connectivity index (χ0) is 14.4. The first-order valence-corrected chi connectivity index (χ1v) is 6.45. The lowest BCUT2D eigenvalue weighted by atomic mass is 10.1. The molecule has 1 aromatic carbocycles. The summed E-state index contributed by atoms with van der Waals surface area (Å²) in [6, 6.07) is 4.06. The predicted molar refractivity (Wildman–Crippen MR) is 75.2 cm³/mol. The van der Waals surface area contributed by atoms with Crippen LogP contribution in [0.3, 0.4) is 0 Å². The minimum atomic E-state index is -0.472. The van der Waals surface area contributed by atoms with Crippen molar-refractivity contribution in [2.24, 2.45) is 0 Å². The number of benzene rings is 1. The lowest BCUT2D eigenvalue weighted by Crippen LogP contribution is -2.14. The Balaban J connectivity index is 0.000000861. The molecule has 1 aromatic heterocycles. The fourth-order valence-electron chi connectivity index (χ4n) is 1.90. The van der Waals surface area contributed by atoms with Crippen molar-refractivity contribution in [2.75, 3.05) is 0 Å². The monoisotopic (exact) mass is 263 g/mol. The average Bonchev–Trinajstić information content (AvgIpc) is 2.44. The molecule has 2 rings (SSSR count). The maximum absolute atomic E-state index is 13.1. The van der Waals surface area contributed by atoms with E-state index in [2.05, 4.69) is 0 Å². The van der Waals surface area contributed by atoms with Crippen LogP contribution >= 0.6 is 0 Å². The molecule has 0 aliphatic carbocycles. The molecule has 0 unspecified atom stereocenters. The van der Waals surface area contributed by atoms with Crippen LogP contribution in [-0.2, 0) is 6.54 Å². The van der Waals surface area contributed by atoms with Gasteiger partial charge in [0, 0.05) is 18.1 Å². The Morgan fingerprint density at radius 2 is 2.00 bits per heavy atom. The Kier molecular flexibility index (Phi) is 5.42. The molecule has 0 N–H and O–H groups in total. The number of nitrogens with zero attached hydrogens (tertiary/aromatic N) is 1. The lowest BCUT2D eigenvalue weighted by molar-refractivity contribution is 0.112. The second-order valence-electron chi connectivity index (χ2n) is 3.89. The zero-order valence-electron chi connectivity index (χ0n) is 11.4. The molecule has 0 atom stereocenters. The first-order valence-electron chi connectivity index (χ1n) is 6.45. The second-order valence-corrected chi connectivity index (χ2v) is 3.89. The average molecular weight is 263 g/mol. The number of hydrogen-bond donors (Lipinski definition) is 0. The van der Waals surface area contributed by atoms with E-state index in [0.717, 1.165) is 6.42 Å². The van der Waals surface area contributed by atoms with Gasteiger partial charge in [-0.1, -0.05) is 20.8 Å². The van der Waals surface area contributed by atoms with Crippen LogP contribution in [0.1, 0.15) is 37.6 Å². The van der Waals surface area contributed by atoms with E-state index in [0.29, 0.717) is 18.3 Å². The molecule has 2 aromatic rings. The molecule has 0 aliphatic heterocycles. The predicted octanol–water partition coefficient (Wildman–Crippen LogP) is 3.39. The molecule has 0 saturated heterocycles. The van der Waals surface area contributed by atoms with E-state index in [4.69, 9.17) is 0 Å². The third kappa shape index (κ3) is 3.08. The molecule has 0 radical (unpaired) electrons. The van der Waals surface area contributed by atoms with Crippen molar-refractivity contribution in [1.82, 2.24) is 4.57 Å². The van der Waals surface area contributed by atoms with E-state index in [1.54, 1.807) is 10.6 Å². The van der Waals surface area contributed by atoms with Gasteiger partial charge >= 0.3 is 0 Å². The molecule has 19 heavy (non-hydrogen) atoms. The highest BCUT2D eigenvalue weighted by molar-refractivity contribution is 5.86. The van der Waals surface area contributed by atoms with Gasteiger partial charge in [0.2, 0.25) is 0 Å². The molecule has 3 nitrogen and oxygen atoms in total. The van der Waals surface area contributed by atoms with Gasteiger partial charge in [0.25, 0.3) is 0 Å². The van der Waals surface area contributed by atoms with Crippen molar-refractivity contribution in [3.8, 4) is 0 Å². The van der Waals surface area contributed by atoms with E-state index in [1.165, 1.54) is 18.3 Å². The molecule has 0 aliphatic rings. The summed E-state index contributed by atoms with van der Waals surface area (Å²) in [6.07, 6.45) is 2.91. The molecule has 0 amide bonds. The number of aryl methyl sites for hydroxylation is 1. The fourth-order valence-corrected chi connectivity index (χ4v) is 1.90. The van der Waals surface area contributed by atoms with Crippen LogP contribution in [0.15, 0.2) is 29.2 Å². The van der Waals surface area contributed by atoms with Crippen LogP contribution in [0.4, 0.5) is 4.39 Å². The Hall–Kier alpha value is -1.97. The summed E-state index contributed by atoms with van der Waals surface area (Å²) in [5.41, 5.74) is 0.308. The van der Waals surface area contributed by atoms with Crippen molar-refractivity contribution >= 4 is 17.2 Å². The van der Waals surface area contributed by atoms with E-state index in [9.17, 15) is 14.0 Å². The third-order valence-electron chi connectivity index (χ3n) is 2.66. The van der Waals surface area contributed by atoms with Gasteiger partial charge in [-0.05, 0) is 24.6 Å². The second kappa shape index (κ2) is 6.83. The highest BCUT2D eigenvalue weighted by Gasteiger charge is 2.08. The Morgan fingerprint density at radius 1 is 1.32 bits per heavy atom. The van der Waals surface area contributed by atoms with Crippen molar-refractivity contribution < 1.29 is 9.18 Å². The minimum absolute atomic E-state index is 0.0663. The molecule has 102 valence electrons. The Labute approximate surface area is 111 Å². The van der Waals surface area contributed by atoms with Crippen molar-refractivity contribution in [3.05, 3.63) is 46.0 Å². The number of carbonyl (C=O) groups excluding carboxylic acids is 1.